The maximum Gasteiger partial charge on any atom is 0.308 e. The molecule has 0 bridgehead atoms. The van der Waals surface area contributed by atoms with E-state index in [1.165, 1.54) is 48.9 Å². The zero-order chi connectivity index (χ0) is 22.5. The first-order chi connectivity index (χ1) is 14.7. The summed E-state index contributed by atoms with van der Waals surface area (Å²) in [6.45, 7) is 1.46. The summed E-state index contributed by atoms with van der Waals surface area (Å²) in [4.78, 5) is 0.0980. The molecule has 1 aromatic heterocycles. The van der Waals surface area contributed by atoms with E-state index in [0.717, 1.165) is 0 Å². The minimum atomic E-state index is -3.89. The van der Waals surface area contributed by atoms with Crippen molar-refractivity contribution in [3.05, 3.63) is 78.3 Å². The van der Waals surface area contributed by atoms with Crippen molar-refractivity contribution < 1.29 is 30.2 Å². The minimum Gasteiger partial charge on any atom is -0.497 e. The highest BCUT2D eigenvalue weighted by Gasteiger charge is 2.26. The second kappa shape index (κ2) is 9.54. The van der Waals surface area contributed by atoms with Crippen LogP contribution in [0.15, 0.2) is 76.2 Å². The SMILES string of the molecule is CCS(=O)(=O)Oc1cccc(CN(Cc2ccco2)S(=O)(=O)c2ccc(OC)cc2)c1. The van der Waals surface area contributed by atoms with Gasteiger partial charge in [0.25, 0.3) is 0 Å². The summed E-state index contributed by atoms with van der Waals surface area (Å²) in [7, 11) is -6.09. The Balaban J connectivity index is 1.92. The molecule has 2 aromatic carbocycles. The molecule has 3 rings (SSSR count). The van der Waals surface area contributed by atoms with Gasteiger partial charge in [-0.1, -0.05) is 12.1 Å². The second-order valence-corrected chi connectivity index (χ2v) is 10.4. The van der Waals surface area contributed by atoms with Crippen LogP contribution in [0, 0.1) is 0 Å². The topological polar surface area (TPSA) is 103 Å². The maximum absolute atomic E-state index is 13.3. The number of hydrogen-bond donors (Lipinski definition) is 0. The summed E-state index contributed by atoms with van der Waals surface area (Å²) in [6.07, 6.45) is 1.47. The van der Waals surface area contributed by atoms with E-state index in [0.29, 0.717) is 17.1 Å². The van der Waals surface area contributed by atoms with Crippen molar-refractivity contribution in [2.75, 3.05) is 12.9 Å². The third-order valence-corrected chi connectivity index (χ3v) is 7.40. The highest BCUT2D eigenvalue weighted by molar-refractivity contribution is 7.89. The first-order valence-corrected chi connectivity index (χ1v) is 12.4. The molecule has 166 valence electrons. The molecule has 3 aromatic rings. The monoisotopic (exact) mass is 465 g/mol. The number of ether oxygens (including phenoxy) is 1. The molecule has 0 saturated heterocycles. The first-order valence-electron chi connectivity index (χ1n) is 9.41. The standard InChI is InChI=1S/C21H23NO7S2/c1-3-30(23,24)29-19-7-4-6-17(14-19)15-22(16-20-8-5-13-28-20)31(25,26)21-11-9-18(27-2)10-12-21/h4-14H,3,15-16H2,1-2H3. The number of nitrogens with zero attached hydrogens (tertiary/aromatic N) is 1. The Bertz CT molecular complexity index is 1200. The van der Waals surface area contributed by atoms with Gasteiger partial charge in [-0.25, -0.2) is 8.42 Å². The number of hydrogen-bond acceptors (Lipinski definition) is 7. The molecule has 0 atom stereocenters. The summed E-state index contributed by atoms with van der Waals surface area (Å²) in [5, 5.41) is 0. The maximum atomic E-state index is 13.3. The van der Waals surface area contributed by atoms with Crippen LogP contribution < -0.4 is 8.92 Å². The summed E-state index contributed by atoms with van der Waals surface area (Å²) in [5.41, 5.74) is 0.562. The van der Waals surface area contributed by atoms with Crippen LogP contribution in [0.5, 0.6) is 11.5 Å². The Hall–Kier alpha value is -2.82. The summed E-state index contributed by atoms with van der Waals surface area (Å²) >= 11 is 0. The van der Waals surface area contributed by atoms with Crippen LogP contribution in [0.4, 0.5) is 0 Å². The Morgan fingerprint density at radius 2 is 1.65 bits per heavy atom. The van der Waals surface area contributed by atoms with Gasteiger partial charge in [0, 0.05) is 6.54 Å². The second-order valence-electron chi connectivity index (χ2n) is 6.61. The number of sulfonamides is 1. The van der Waals surface area contributed by atoms with Crippen LogP contribution in [0.25, 0.3) is 0 Å². The number of rotatable bonds is 10. The van der Waals surface area contributed by atoms with E-state index in [1.807, 2.05) is 0 Å². The Kier molecular flexibility index (Phi) is 7.04. The molecule has 31 heavy (non-hydrogen) atoms. The van der Waals surface area contributed by atoms with Gasteiger partial charge in [-0.05, 0) is 61.0 Å². The van der Waals surface area contributed by atoms with Gasteiger partial charge in [-0.2, -0.15) is 12.7 Å². The van der Waals surface area contributed by atoms with E-state index in [1.54, 1.807) is 36.4 Å². The lowest BCUT2D eigenvalue weighted by Crippen LogP contribution is -2.30. The zero-order valence-electron chi connectivity index (χ0n) is 17.1. The fourth-order valence-electron chi connectivity index (χ4n) is 2.80. The van der Waals surface area contributed by atoms with Crippen molar-refractivity contribution in [2.24, 2.45) is 0 Å². The normalized spacial score (nSPS) is 12.1. The number of methoxy groups -OCH3 is 1. The first kappa shape index (κ1) is 22.9. The molecule has 10 heteroatoms. The van der Waals surface area contributed by atoms with Crippen molar-refractivity contribution in [1.29, 1.82) is 0 Å². The lowest BCUT2D eigenvalue weighted by atomic mass is 10.2. The van der Waals surface area contributed by atoms with Crippen molar-refractivity contribution in [2.45, 2.75) is 24.9 Å². The van der Waals surface area contributed by atoms with Crippen LogP contribution in [0.1, 0.15) is 18.2 Å². The van der Waals surface area contributed by atoms with Gasteiger partial charge >= 0.3 is 10.1 Å². The average molecular weight is 466 g/mol. The van der Waals surface area contributed by atoms with Gasteiger partial charge < -0.3 is 13.3 Å². The molecule has 0 amide bonds. The molecular formula is C21H23NO7S2. The van der Waals surface area contributed by atoms with Crippen LogP contribution in [-0.2, 0) is 33.2 Å². The molecule has 0 N–H and O–H groups in total. The molecule has 8 nitrogen and oxygen atoms in total. The number of benzene rings is 2. The van der Waals surface area contributed by atoms with Gasteiger partial charge in [0.2, 0.25) is 10.0 Å². The molecule has 0 fully saturated rings. The lowest BCUT2D eigenvalue weighted by Gasteiger charge is -2.22. The summed E-state index contributed by atoms with van der Waals surface area (Å²) in [5.74, 6) is 0.962. The zero-order valence-corrected chi connectivity index (χ0v) is 18.7. The van der Waals surface area contributed by atoms with Crippen LogP contribution in [-0.4, -0.2) is 34.0 Å². The van der Waals surface area contributed by atoms with Gasteiger partial charge in [0.05, 0.1) is 30.6 Å². The van der Waals surface area contributed by atoms with E-state index in [2.05, 4.69) is 0 Å². The highest BCUT2D eigenvalue weighted by Crippen LogP contribution is 2.25. The largest absolute Gasteiger partial charge is 0.497 e. The van der Waals surface area contributed by atoms with Gasteiger partial charge in [-0.3, -0.25) is 0 Å². The van der Waals surface area contributed by atoms with Crippen molar-refractivity contribution in [3.63, 3.8) is 0 Å². The van der Waals surface area contributed by atoms with E-state index in [-0.39, 0.29) is 29.5 Å². The third kappa shape index (κ3) is 5.87. The molecule has 0 aliphatic rings. The lowest BCUT2D eigenvalue weighted by molar-refractivity contribution is 0.358. The number of furan rings is 1. The van der Waals surface area contributed by atoms with Crippen LogP contribution in [0.2, 0.25) is 0 Å². The summed E-state index contributed by atoms with van der Waals surface area (Å²) in [6, 6.07) is 15.8. The molecule has 0 aliphatic heterocycles. The van der Waals surface area contributed by atoms with Crippen LogP contribution in [0.3, 0.4) is 0 Å². The highest BCUT2D eigenvalue weighted by atomic mass is 32.2. The van der Waals surface area contributed by atoms with E-state index >= 15 is 0 Å². The molecule has 0 saturated carbocycles. The van der Waals surface area contributed by atoms with Gasteiger partial charge in [-0.15, -0.1) is 0 Å². The van der Waals surface area contributed by atoms with Crippen LogP contribution >= 0.6 is 0 Å². The Morgan fingerprint density at radius 3 is 2.26 bits per heavy atom. The van der Waals surface area contributed by atoms with Gasteiger partial charge in [0.15, 0.2) is 0 Å². The molecule has 0 spiro atoms. The third-order valence-electron chi connectivity index (χ3n) is 4.44. The fraction of sp³-hybridized carbons (Fsp3) is 0.238. The molecule has 0 unspecified atom stereocenters. The van der Waals surface area contributed by atoms with E-state index in [4.69, 9.17) is 13.3 Å². The van der Waals surface area contributed by atoms with E-state index in [9.17, 15) is 16.8 Å². The Labute approximate surface area is 182 Å². The minimum absolute atomic E-state index is 0.000292. The fourth-order valence-corrected chi connectivity index (χ4v) is 4.71. The Morgan fingerprint density at radius 1 is 0.903 bits per heavy atom. The van der Waals surface area contributed by atoms with Crippen molar-refractivity contribution in [3.8, 4) is 11.5 Å². The van der Waals surface area contributed by atoms with Crippen molar-refractivity contribution in [1.82, 2.24) is 4.31 Å². The quantitative estimate of drug-likeness (QED) is 0.423. The summed E-state index contributed by atoms with van der Waals surface area (Å²) < 4.78 is 66.9. The molecule has 0 radical (unpaired) electrons. The molecular weight excluding hydrogens is 442 g/mol. The van der Waals surface area contributed by atoms with Crippen molar-refractivity contribution >= 4 is 20.1 Å². The average Bonchev–Trinajstić information content (AvgIpc) is 3.26. The molecule has 0 aliphatic carbocycles. The predicted octanol–water partition coefficient (Wildman–Crippen LogP) is 3.41. The van der Waals surface area contributed by atoms with Gasteiger partial charge in [0.1, 0.15) is 17.3 Å². The predicted molar refractivity (Wildman–Crippen MR) is 115 cm³/mol. The molecule has 1 heterocycles. The van der Waals surface area contributed by atoms with E-state index < -0.39 is 20.1 Å². The smallest absolute Gasteiger partial charge is 0.308 e.